The molecular weight excluding hydrogens is 302 g/mol. The molecule has 0 atom stereocenters. The van der Waals surface area contributed by atoms with Gasteiger partial charge in [-0.05, 0) is 53.4 Å². The van der Waals surface area contributed by atoms with Crippen LogP contribution in [0.4, 0.5) is 8.78 Å². The molecule has 3 aromatic carbocycles. The van der Waals surface area contributed by atoms with Crippen LogP contribution in [0.25, 0.3) is 11.1 Å². The fraction of sp³-hybridized carbons (Fsp3) is 0.0909. The number of benzene rings is 3. The number of aryl methyl sites for hydroxylation is 1. The Hall–Kier alpha value is -2.92. The highest BCUT2D eigenvalue weighted by atomic mass is 19.2. The van der Waals surface area contributed by atoms with Gasteiger partial charge in [0.05, 0.1) is 0 Å². The third kappa shape index (κ3) is 3.70. The highest BCUT2D eigenvalue weighted by molar-refractivity contribution is 5.64. The molecule has 0 amide bonds. The van der Waals surface area contributed by atoms with Crippen molar-refractivity contribution >= 4 is 0 Å². The third-order valence-electron chi connectivity index (χ3n) is 3.85. The van der Waals surface area contributed by atoms with Crippen LogP contribution in [0.1, 0.15) is 23.6 Å². The lowest BCUT2D eigenvalue weighted by Gasteiger charge is -2.03. The van der Waals surface area contributed by atoms with Crippen molar-refractivity contribution in [2.75, 3.05) is 0 Å². The van der Waals surface area contributed by atoms with E-state index in [9.17, 15) is 8.78 Å². The van der Waals surface area contributed by atoms with Crippen LogP contribution in [0.3, 0.4) is 0 Å². The van der Waals surface area contributed by atoms with E-state index in [1.807, 2.05) is 24.3 Å². The van der Waals surface area contributed by atoms with Gasteiger partial charge in [-0.15, -0.1) is 0 Å². The average Bonchev–Trinajstić information content (AvgIpc) is 2.63. The number of halogens is 2. The molecule has 0 aromatic heterocycles. The molecule has 24 heavy (non-hydrogen) atoms. The summed E-state index contributed by atoms with van der Waals surface area (Å²) in [6.45, 7) is 2.13. The summed E-state index contributed by atoms with van der Waals surface area (Å²) in [6.07, 6.45) is 1.03. The lowest BCUT2D eigenvalue weighted by atomic mass is 10.0. The molecule has 0 bridgehead atoms. The Morgan fingerprint density at radius 3 is 1.79 bits per heavy atom. The van der Waals surface area contributed by atoms with Crippen molar-refractivity contribution in [1.29, 1.82) is 0 Å². The Morgan fingerprint density at radius 1 is 0.667 bits per heavy atom. The van der Waals surface area contributed by atoms with E-state index in [4.69, 9.17) is 0 Å². The summed E-state index contributed by atoms with van der Waals surface area (Å²) in [5.74, 6) is 4.07. The van der Waals surface area contributed by atoms with E-state index >= 15 is 0 Å². The van der Waals surface area contributed by atoms with Crippen LogP contribution >= 0.6 is 0 Å². The molecule has 0 aliphatic rings. The van der Waals surface area contributed by atoms with E-state index in [-0.39, 0.29) is 0 Å². The van der Waals surface area contributed by atoms with Gasteiger partial charge >= 0.3 is 0 Å². The lowest BCUT2D eigenvalue weighted by Crippen LogP contribution is -1.85. The Labute approximate surface area is 140 Å². The molecule has 0 heterocycles. The normalized spacial score (nSPS) is 10.1. The molecule has 0 unspecified atom stereocenters. The van der Waals surface area contributed by atoms with Gasteiger partial charge in [0.15, 0.2) is 11.6 Å². The summed E-state index contributed by atoms with van der Waals surface area (Å²) in [7, 11) is 0. The summed E-state index contributed by atoms with van der Waals surface area (Å²) in [6, 6.07) is 20.0. The van der Waals surface area contributed by atoms with Gasteiger partial charge in [-0.25, -0.2) is 8.78 Å². The van der Waals surface area contributed by atoms with Crippen molar-refractivity contribution in [3.05, 3.63) is 95.1 Å². The quantitative estimate of drug-likeness (QED) is 0.540. The molecule has 0 aliphatic heterocycles. The highest BCUT2D eigenvalue weighted by Crippen LogP contribution is 2.20. The fourth-order valence-corrected chi connectivity index (χ4v) is 2.40. The fourth-order valence-electron chi connectivity index (χ4n) is 2.40. The second-order valence-electron chi connectivity index (χ2n) is 5.51. The summed E-state index contributed by atoms with van der Waals surface area (Å²) < 4.78 is 26.0. The Kier molecular flexibility index (Phi) is 4.72. The van der Waals surface area contributed by atoms with Crippen LogP contribution in [0.15, 0.2) is 66.7 Å². The summed E-state index contributed by atoms with van der Waals surface area (Å²) in [4.78, 5) is 0. The van der Waals surface area contributed by atoms with Crippen LogP contribution in [-0.2, 0) is 6.42 Å². The maximum absolute atomic E-state index is 13.2. The first-order valence-corrected chi connectivity index (χ1v) is 7.82. The van der Waals surface area contributed by atoms with Gasteiger partial charge in [0.25, 0.3) is 0 Å². The molecule has 0 saturated heterocycles. The van der Waals surface area contributed by atoms with Crippen molar-refractivity contribution in [2.24, 2.45) is 0 Å². The Bertz CT molecular complexity index is 895. The van der Waals surface area contributed by atoms with E-state index in [2.05, 4.69) is 43.0 Å². The number of hydrogen-bond donors (Lipinski definition) is 0. The highest BCUT2D eigenvalue weighted by Gasteiger charge is 2.00. The topological polar surface area (TPSA) is 0 Å². The zero-order chi connectivity index (χ0) is 16.9. The van der Waals surface area contributed by atoms with E-state index in [0.717, 1.165) is 35.2 Å². The van der Waals surface area contributed by atoms with Crippen molar-refractivity contribution in [2.45, 2.75) is 13.3 Å². The molecule has 0 N–H and O–H groups in total. The minimum absolute atomic E-state index is 0.452. The van der Waals surface area contributed by atoms with Crippen LogP contribution in [0, 0.1) is 23.5 Å². The van der Waals surface area contributed by atoms with Gasteiger partial charge in [-0.3, -0.25) is 0 Å². The Morgan fingerprint density at radius 2 is 1.21 bits per heavy atom. The Balaban J connectivity index is 1.79. The van der Waals surface area contributed by atoms with E-state index < -0.39 is 11.6 Å². The van der Waals surface area contributed by atoms with Crippen LogP contribution < -0.4 is 0 Å². The van der Waals surface area contributed by atoms with Gasteiger partial charge < -0.3 is 0 Å². The zero-order valence-electron chi connectivity index (χ0n) is 13.3. The first-order chi connectivity index (χ1) is 11.7. The third-order valence-corrected chi connectivity index (χ3v) is 3.85. The van der Waals surface area contributed by atoms with Gasteiger partial charge in [0, 0.05) is 11.1 Å². The summed E-state index contributed by atoms with van der Waals surface area (Å²) in [5, 5.41) is 0. The predicted molar refractivity (Wildman–Crippen MR) is 93.6 cm³/mol. The van der Waals surface area contributed by atoms with Crippen molar-refractivity contribution in [3.8, 4) is 23.0 Å². The first-order valence-electron chi connectivity index (χ1n) is 7.82. The molecule has 0 aliphatic carbocycles. The van der Waals surface area contributed by atoms with E-state index in [0.29, 0.717) is 5.56 Å². The molecule has 3 rings (SSSR count). The van der Waals surface area contributed by atoms with Crippen molar-refractivity contribution < 1.29 is 8.78 Å². The second kappa shape index (κ2) is 7.10. The van der Waals surface area contributed by atoms with Crippen LogP contribution in [-0.4, -0.2) is 0 Å². The standard InChI is InChI=1S/C22H16F2/c1-2-16-5-10-19(11-6-16)20-12-7-17(8-13-20)3-4-18-9-14-21(23)22(24)15-18/h5-15H,2H2,1H3. The molecular formula is C22H16F2. The number of rotatable bonds is 2. The minimum Gasteiger partial charge on any atom is -0.204 e. The summed E-state index contributed by atoms with van der Waals surface area (Å²) >= 11 is 0. The molecule has 2 heteroatoms. The monoisotopic (exact) mass is 318 g/mol. The molecule has 0 fully saturated rings. The SMILES string of the molecule is CCc1ccc(-c2ccc(C#Cc3ccc(F)c(F)c3)cc2)cc1. The molecule has 0 spiro atoms. The van der Waals surface area contributed by atoms with Crippen molar-refractivity contribution in [1.82, 2.24) is 0 Å². The second-order valence-corrected chi connectivity index (χ2v) is 5.51. The van der Waals surface area contributed by atoms with Gasteiger partial charge in [-0.2, -0.15) is 0 Å². The first kappa shape index (κ1) is 16.0. The lowest BCUT2D eigenvalue weighted by molar-refractivity contribution is 0.508. The largest absolute Gasteiger partial charge is 0.204 e. The van der Waals surface area contributed by atoms with Gasteiger partial charge in [0.1, 0.15) is 0 Å². The van der Waals surface area contributed by atoms with E-state index in [1.165, 1.54) is 11.6 Å². The molecule has 118 valence electrons. The molecule has 3 aromatic rings. The molecule has 0 nitrogen and oxygen atoms in total. The number of hydrogen-bond acceptors (Lipinski definition) is 0. The minimum atomic E-state index is -0.882. The maximum atomic E-state index is 13.2. The van der Waals surface area contributed by atoms with Gasteiger partial charge in [0.2, 0.25) is 0 Å². The molecule has 0 radical (unpaired) electrons. The zero-order valence-corrected chi connectivity index (χ0v) is 13.3. The summed E-state index contributed by atoms with van der Waals surface area (Å²) in [5.41, 5.74) is 4.87. The maximum Gasteiger partial charge on any atom is 0.160 e. The van der Waals surface area contributed by atoms with Gasteiger partial charge in [-0.1, -0.05) is 55.2 Å². The van der Waals surface area contributed by atoms with Crippen molar-refractivity contribution in [3.63, 3.8) is 0 Å². The smallest absolute Gasteiger partial charge is 0.160 e. The average molecular weight is 318 g/mol. The molecule has 0 saturated carbocycles. The predicted octanol–water partition coefficient (Wildman–Crippen LogP) is 5.59. The van der Waals surface area contributed by atoms with Crippen LogP contribution in [0.2, 0.25) is 0 Å². The van der Waals surface area contributed by atoms with E-state index in [1.54, 1.807) is 0 Å². The van der Waals surface area contributed by atoms with Crippen LogP contribution in [0.5, 0.6) is 0 Å².